The maximum Gasteiger partial charge on any atom is 0.128 e. The average molecular weight is 332 g/mol. The first kappa shape index (κ1) is 16.3. The molecule has 3 rings (SSSR count). The Bertz CT molecular complexity index is 843. The highest BCUT2D eigenvalue weighted by molar-refractivity contribution is 7.16. The molecular formula is C21H20N2S. The van der Waals surface area contributed by atoms with Gasteiger partial charge in [0.1, 0.15) is 10.9 Å². The third kappa shape index (κ3) is 3.34. The van der Waals surface area contributed by atoms with Crippen LogP contribution in [0.3, 0.4) is 0 Å². The van der Waals surface area contributed by atoms with Gasteiger partial charge in [-0.2, -0.15) is 5.26 Å². The van der Waals surface area contributed by atoms with Crippen molar-refractivity contribution in [3.63, 3.8) is 0 Å². The third-order valence-electron chi connectivity index (χ3n) is 3.97. The van der Waals surface area contributed by atoms with Crippen molar-refractivity contribution in [2.24, 2.45) is 0 Å². The summed E-state index contributed by atoms with van der Waals surface area (Å²) in [6, 6.07) is 23.0. The van der Waals surface area contributed by atoms with Gasteiger partial charge < -0.3 is 5.32 Å². The number of hydrogen-bond acceptors (Lipinski definition) is 3. The topological polar surface area (TPSA) is 35.8 Å². The molecule has 120 valence electrons. The van der Waals surface area contributed by atoms with Gasteiger partial charge >= 0.3 is 0 Å². The van der Waals surface area contributed by atoms with Crippen molar-refractivity contribution in [1.29, 1.82) is 5.26 Å². The van der Waals surface area contributed by atoms with Gasteiger partial charge in [-0.1, -0.05) is 74.5 Å². The molecule has 1 aromatic heterocycles. The van der Waals surface area contributed by atoms with Crippen LogP contribution in [0.4, 0.5) is 5.69 Å². The summed E-state index contributed by atoms with van der Waals surface area (Å²) in [7, 11) is 0. The van der Waals surface area contributed by atoms with Crippen LogP contribution in [-0.4, -0.2) is 0 Å². The lowest BCUT2D eigenvalue weighted by atomic mass is 9.98. The summed E-state index contributed by atoms with van der Waals surface area (Å²) in [6.45, 7) is 5.09. The maximum absolute atomic E-state index is 9.60. The summed E-state index contributed by atoms with van der Waals surface area (Å²) in [6.07, 6.45) is 0. The van der Waals surface area contributed by atoms with E-state index in [4.69, 9.17) is 0 Å². The molecule has 0 aliphatic carbocycles. The van der Waals surface area contributed by atoms with Gasteiger partial charge in [0.2, 0.25) is 0 Å². The molecule has 0 atom stereocenters. The van der Waals surface area contributed by atoms with Gasteiger partial charge in [-0.3, -0.25) is 0 Å². The lowest BCUT2D eigenvalue weighted by Gasteiger charge is -2.13. The quantitative estimate of drug-likeness (QED) is 0.620. The van der Waals surface area contributed by atoms with Gasteiger partial charge in [0.15, 0.2) is 0 Å². The van der Waals surface area contributed by atoms with E-state index in [9.17, 15) is 5.26 Å². The monoisotopic (exact) mass is 332 g/mol. The van der Waals surface area contributed by atoms with Crippen LogP contribution in [0.25, 0.3) is 10.4 Å². The molecule has 2 nitrogen and oxygen atoms in total. The van der Waals surface area contributed by atoms with Gasteiger partial charge in [0.25, 0.3) is 0 Å². The van der Waals surface area contributed by atoms with Gasteiger partial charge in [0.05, 0.1) is 5.69 Å². The summed E-state index contributed by atoms with van der Waals surface area (Å²) in [5.74, 6) is 0.344. The fourth-order valence-electron chi connectivity index (χ4n) is 2.84. The Hall–Kier alpha value is -2.57. The Morgan fingerprint density at radius 2 is 1.62 bits per heavy atom. The number of hydrogen-bond donors (Lipinski definition) is 1. The minimum absolute atomic E-state index is 0.344. The van der Waals surface area contributed by atoms with Crippen molar-refractivity contribution >= 4 is 17.0 Å². The standard InChI is InChI=1S/C21H20N2S/c1-15(2)19-20(23-14-16-9-5-3-6-10-16)18(13-22)24-21(19)17-11-7-4-8-12-17/h3-12,15,23H,14H2,1-2H3. The molecule has 3 heteroatoms. The Morgan fingerprint density at radius 1 is 1.00 bits per heavy atom. The fourth-order valence-corrected chi connectivity index (χ4v) is 4.07. The molecule has 0 amide bonds. The smallest absolute Gasteiger partial charge is 0.128 e. The molecule has 0 bridgehead atoms. The number of nitrogens with one attached hydrogen (secondary N) is 1. The molecule has 24 heavy (non-hydrogen) atoms. The second kappa shape index (κ2) is 7.33. The molecule has 0 fully saturated rings. The van der Waals surface area contributed by atoms with E-state index in [-0.39, 0.29) is 0 Å². The largest absolute Gasteiger partial charge is 0.379 e. The first-order valence-corrected chi connectivity index (χ1v) is 8.92. The number of benzene rings is 2. The average Bonchev–Trinajstić information content (AvgIpc) is 3.00. The van der Waals surface area contributed by atoms with Crippen LogP contribution in [0.5, 0.6) is 0 Å². The van der Waals surface area contributed by atoms with E-state index in [1.54, 1.807) is 11.3 Å². The van der Waals surface area contributed by atoms with E-state index in [1.807, 2.05) is 36.4 Å². The van der Waals surface area contributed by atoms with Crippen molar-refractivity contribution in [2.45, 2.75) is 26.3 Å². The summed E-state index contributed by atoms with van der Waals surface area (Å²) in [4.78, 5) is 1.95. The van der Waals surface area contributed by atoms with E-state index in [0.29, 0.717) is 5.92 Å². The van der Waals surface area contributed by atoms with E-state index in [1.165, 1.54) is 21.6 Å². The van der Waals surface area contributed by atoms with E-state index >= 15 is 0 Å². The van der Waals surface area contributed by atoms with E-state index < -0.39 is 0 Å². The van der Waals surface area contributed by atoms with Gasteiger partial charge in [0, 0.05) is 11.4 Å². The minimum atomic E-state index is 0.344. The predicted molar refractivity (Wildman–Crippen MR) is 102 cm³/mol. The van der Waals surface area contributed by atoms with Crippen LogP contribution >= 0.6 is 11.3 Å². The Balaban J connectivity index is 2.01. The number of nitriles is 1. The number of anilines is 1. The summed E-state index contributed by atoms with van der Waals surface area (Å²) in [5, 5.41) is 13.1. The molecular weight excluding hydrogens is 312 g/mol. The SMILES string of the molecule is CC(C)c1c(-c2ccccc2)sc(C#N)c1NCc1ccccc1. The highest BCUT2D eigenvalue weighted by atomic mass is 32.1. The summed E-state index contributed by atoms with van der Waals surface area (Å²) < 4.78 is 0. The van der Waals surface area contributed by atoms with Crippen molar-refractivity contribution in [3.8, 4) is 16.5 Å². The third-order valence-corrected chi connectivity index (χ3v) is 5.13. The van der Waals surface area contributed by atoms with Crippen molar-refractivity contribution in [2.75, 3.05) is 5.32 Å². The molecule has 0 saturated heterocycles. The van der Waals surface area contributed by atoms with Crippen LogP contribution in [0.15, 0.2) is 60.7 Å². The molecule has 0 saturated carbocycles. The lowest BCUT2D eigenvalue weighted by molar-refractivity contribution is 0.872. The Morgan fingerprint density at radius 3 is 2.21 bits per heavy atom. The molecule has 0 aliphatic heterocycles. The normalized spacial score (nSPS) is 10.6. The zero-order valence-corrected chi connectivity index (χ0v) is 14.7. The molecule has 0 aliphatic rings. The Kier molecular flexibility index (Phi) is 4.98. The zero-order valence-electron chi connectivity index (χ0n) is 13.9. The molecule has 0 radical (unpaired) electrons. The summed E-state index contributed by atoms with van der Waals surface area (Å²) >= 11 is 1.58. The highest BCUT2D eigenvalue weighted by Crippen LogP contribution is 2.43. The number of thiophene rings is 1. The van der Waals surface area contributed by atoms with Crippen LogP contribution in [-0.2, 0) is 6.54 Å². The van der Waals surface area contributed by atoms with Gasteiger partial charge in [-0.15, -0.1) is 11.3 Å². The van der Waals surface area contributed by atoms with Gasteiger partial charge in [-0.25, -0.2) is 0 Å². The second-order valence-electron chi connectivity index (χ2n) is 6.02. The zero-order chi connectivity index (χ0) is 16.9. The predicted octanol–water partition coefficient (Wildman–Crippen LogP) is 6.02. The molecule has 3 aromatic rings. The fraction of sp³-hybridized carbons (Fsp3) is 0.190. The summed E-state index contributed by atoms with van der Waals surface area (Å²) in [5.41, 5.74) is 4.61. The highest BCUT2D eigenvalue weighted by Gasteiger charge is 2.21. The van der Waals surface area contributed by atoms with Crippen molar-refractivity contribution < 1.29 is 0 Å². The number of rotatable bonds is 5. The van der Waals surface area contributed by atoms with Crippen LogP contribution in [0.1, 0.15) is 35.8 Å². The van der Waals surface area contributed by atoms with Gasteiger partial charge in [-0.05, 0) is 22.6 Å². The first-order valence-electron chi connectivity index (χ1n) is 8.10. The minimum Gasteiger partial charge on any atom is -0.379 e. The van der Waals surface area contributed by atoms with Crippen LogP contribution in [0, 0.1) is 11.3 Å². The molecule has 0 unspecified atom stereocenters. The first-order chi connectivity index (χ1) is 11.7. The molecule has 0 spiro atoms. The van der Waals surface area contributed by atoms with Crippen LogP contribution in [0.2, 0.25) is 0 Å². The molecule has 1 N–H and O–H groups in total. The van der Waals surface area contributed by atoms with Crippen LogP contribution < -0.4 is 5.32 Å². The second-order valence-corrected chi connectivity index (χ2v) is 7.04. The lowest BCUT2D eigenvalue weighted by Crippen LogP contribution is -2.03. The number of nitrogens with zero attached hydrogens (tertiary/aromatic N) is 1. The Labute approximate surface area is 147 Å². The maximum atomic E-state index is 9.60. The van der Waals surface area contributed by atoms with Crippen molar-refractivity contribution in [3.05, 3.63) is 76.7 Å². The van der Waals surface area contributed by atoms with E-state index in [2.05, 4.69) is 49.5 Å². The van der Waals surface area contributed by atoms with Crippen molar-refractivity contribution in [1.82, 2.24) is 0 Å². The molecule has 1 heterocycles. The van der Waals surface area contributed by atoms with E-state index in [0.717, 1.165) is 17.1 Å². The molecule has 2 aromatic carbocycles.